The van der Waals surface area contributed by atoms with Gasteiger partial charge in [0.1, 0.15) is 11.6 Å². The molecule has 3 amide bonds. The third-order valence-electron chi connectivity index (χ3n) is 6.81. The van der Waals surface area contributed by atoms with Crippen LogP contribution in [0, 0.1) is 0 Å². The third kappa shape index (κ3) is 8.05. The Kier molecular flexibility index (Phi) is 9.60. The summed E-state index contributed by atoms with van der Waals surface area (Å²) in [7, 11) is 4.07. The molecule has 2 aromatic carbocycles. The highest BCUT2D eigenvalue weighted by Gasteiger charge is 2.27. The Morgan fingerprint density at radius 3 is 2.47 bits per heavy atom. The molecular formula is C32H35I2N7O4. The lowest BCUT2D eigenvalue weighted by Gasteiger charge is -2.22. The number of anilines is 3. The molecule has 1 aliphatic rings. The Morgan fingerprint density at radius 1 is 1.07 bits per heavy atom. The van der Waals surface area contributed by atoms with Crippen LogP contribution in [0.3, 0.4) is 0 Å². The zero-order valence-corrected chi connectivity index (χ0v) is 30.2. The molecule has 5 rings (SSSR count). The number of carbonyl (C=O) groups excluding carboxylic acids is 2. The summed E-state index contributed by atoms with van der Waals surface area (Å²) >= 11 is 4.64. The second kappa shape index (κ2) is 13.1. The maximum absolute atomic E-state index is 13.5. The fraction of sp³-hybridized carbons (Fsp3) is 0.312. The van der Waals surface area contributed by atoms with Crippen LogP contribution in [0.1, 0.15) is 44.5 Å². The summed E-state index contributed by atoms with van der Waals surface area (Å²) in [5, 5.41) is 13.6. The van der Waals surface area contributed by atoms with Crippen LogP contribution in [-0.2, 0) is 18.2 Å². The number of rotatable bonds is 8. The molecule has 11 nitrogen and oxygen atoms in total. The lowest BCUT2D eigenvalue weighted by Crippen LogP contribution is -2.26. The molecule has 0 radical (unpaired) electrons. The Balaban J connectivity index is 1.39. The minimum absolute atomic E-state index is 0.115. The molecule has 3 heterocycles. The Bertz CT molecular complexity index is 1730. The van der Waals surface area contributed by atoms with Gasteiger partial charge in [0.25, 0.3) is 5.91 Å². The topological polar surface area (TPSA) is 123 Å². The van der Waals surface area contributed by atoms with Gasteiger partial charge in [0, 0.05) is 41.5 Å². The first-order valence-corrected chi connectivity index (χ1v) is 16.4. The van der Waals surface area contributed by atoms with Gasteiger partial charge < -0.3 is 25.0 Å². The van der Waals surface area contributed by atoms with Gasteiger partial charge in [-0.2, -0.15) is 5.10 Å². The average molecular weight is 835 g/mol. The number of amides is 3. The summed E-state index contributed by atoms with van der Waals surface area (Å²) in [6.45, 7) is 9.01. The van der Waals surface area contributed by atoms with Crippen molar-refractivity contribution in [1.29, 1.82) is 0 Å². The largest absolute Gasteiger partial charge is 0.476 e. The standard InChI is InChI=1S/C32H35I2N7O4/c1-31(2,3)25-16-26(41(39-25)20-9-7-19(8-10-20)17-40(5)6)37-30(43)36-23-12-11-21(15-22(23)32(4,33)34)45-24-13-14-35-29-28(24)44-18-27(42)38-29/h7-16H,17-18H2,1-6H3,(H,35,38,42)(H2,36,37,43). The van der Waals surface area contributed by atoms with Crippen LogP contribution in [0.4, 0.5) is 22.1 Å². The zero-order chi connectivity index (χ0) is 32.5. The predicted octanol–water partition coefficient (Wildman–Crippen LogP) is 7.44. The van der Waals surface area contributed by atoms with Gasteiger partial charge >= 0.3 is 6.03 Å². The maximum Gasteiger partial charge on any atom is 0.324 e. The first kappa shape index (κ1) is 32.9. The van der Waals surface area contributed by atoms with Crippen molar-refractivity contribution in [1.82, 2.24) is 19.7 Å². The summed E-state index contributed by atoms with van der Waals surface area (Å²) in [6, 6.07) is 16.8. The molecule has 0 saturated heterocycles. The quantitative estimate of drug-likeness (QED) is 0.125. The van der Waals surface area contributed by atoms with Gasteiger partial charge in [-0.25, -0.2) is 14.5 Å². The molecule has 0 aliphatic carbocycles. The molecule has 2 aromatic heterocycles. The molecule has 0 spiro atoms. The summed E-state index contributed by atoms with van der Waals surface area (Å²) in [4.78, 5) is 31.5. The lowest BCUT2D eigenvalue weighted by atomic mass is 9.92. The number of hydrogen-bond donors (Lipinski definition) is 3. The molecule has 0 fully saturated rings. The first-order valence-electron chi connectivity index (χ1n) is 14.2. The van der Waals surface area contributed by atoms with E-state index in [-0.39, 0.29) is 17.9 Å². The van der Waals surface area contributed by atoms with Crippen molar-refractivity contribution in [2.45, 2.75) is 41.1 Å². The highest BCUT2D eigenvalue weighted by Crippen LogP contribution is 2.45. The van der Waals surface area contributed by atoms with E-state index in [2.05, 4.69) is 104 Å². The van der Waals surface area contributed by atoms with Gasteiger partial charge in [-0.3, -0.25) is 10.1 Å². The van der Waals surface area contributed by atoms with Gasteiger partial charge in [-0.1, -0.05) is 78.1 Å². The van der Waals surface area contributed by atoms with Crippen LogP contribution in [0.15, 0.2) is 60.8 Å². The number of hydrogen-bond acceptors (Lipinski definition) is 7. The Labute approximate surface area is 289 Å². The number of nitrogens with zero attached hydrogens (tertiary/aromatic N) is 4. The van der Waals surface area contributed by atoms with Crippen LogP contribution in [0.25, 0.3) is 5.69 Å². The van der Waals surface area contributed by atoms with E-state index in [1.807, 2.05) is 45.3 Å². The number of alkyl halides is 2. The molecule has 0 bridgehead atoms. The number of benzene rings is 2. The molecule has 3 N–H and O–H groups in total. The first-order chi connectivity index (χ1) is 21.2. The van der Waals surface area contributed by atoms with E-state index in [4.69, 9.17) is 14.6 Å². The molecule has 0 saturated carbocycles. The van der Waals surface area contributed by atoms with E-state index in [1.165, 1.54) is 5.56 Å². The van der Waals surface area contributed by atoms with Gasteiger partial charge in [0.05, 0.1) is 12.8 Å². The van der Waals surface area contributed by atoms with Crippen LogP contribution >= 0.6 is 45.2 Å². The number of ether oxygens (including phenoxy) is 2. The number of fused-ring (bicyclic) bond motifs is 1. The Hall–Kier alpha value is -3.44. The average Bonchev–Trinajstić information content (AvgIpc) is 3.37. The van der Waals surface area contributed by atoms with Gasteiger partial charge in [-0.15, -0.1) is 0 Å². The van der Waals surface area contributed by atoms with Crippen LogP contribution in [0.5, 0.6) is 17.2 Å². The monoisotopic (exact) mass is 835 g/mol. The molecule has 236 valence electrons. The molecule has 45 heavy (non-hydrogen) atoms. The minimum atomic E-state index is -0.403. The third-order valence-corrected chi connectivity index (χ3v) is 7.98. The number of aromatic nitrogens is 3. The van der Waals surface area contributed by atoms with E-state index in [1.54, 1.807) is 29.1 Å². The fourth-order valence-corrected chi connectivity index (χ4v) is 5.53. The van der Waals surface area contributed by atoms with Crippen LogP contribution in [0.2, 0.25) is 0 Å². The van der Waals surface area contributed by atoms with Gasteiger partial charge in [-0.05, 0) is 56.9 Å². The van der Waals surface area contributed by atoms with Crippen LogP contribution < -0.4 is 25.4 Å². The normalized spacial score (nSPS) is 13.1. The summed E-state index contributed by atoms with van der Waals surface area (Å²) in [5.41, 5.74) is 4.13. The SMILES string of the molecule is CN(C)Cc1ccc(-n2nc(C(C)(C)C)cc2NC(=O)Nc2ccc(Oc3ccnc4c3OCC(=O)N4)cc2C(C)(I)I)cc1. The minimum Gasteiger partial charge on any atom is -0.476 e. The number of pyridine rings is 1. The number of urea groups is 1. The van der Waals surface area contributed by atoms with Crippen molar-refractivity contribution in [3.63, 3.8) is 0 Å². The molecular weight excluding hydrogens is 800 g/mol. The number of halogens is 2. The van der Waals surface area contributed by atoms with Crippen molar-refractivity contribution in [2.24, 2.45) is 0 Å². The van der Waals surface area contributed by atoms with Crippen molar-refractivity contribution < 1.29 is 19.1 Å². The second-order valence-electron chi connectivity index (χ2n) is 12.1. The van der Waals surface area contributed by atoms with Gasteiger partial charge in [0.2, 0.25) is 5.75 Å². The predicted molar refractivity (Wildman–Crippen MR) is 193 cm³/mol. The van der Waals surface area contributed by atoms with E-state index in [9.17, 15) is 9.59 Å². The van der Waals surface area contributed by atoms with E-state index in [0.29, 0.717) is 34.6 Å². The van der Waals surface area contributed by atoms with Crippen molar-refractivity contribution in [3.05, 3.63) is 77.6 Å². The van der Waals surface area contributed by atoms with E-state index >= 15 is 0 Å². The number of nitrogens with one attached hydrogen (secondary N) is 3. The number of carbonyl (C=O) groups is 2. The molecule has 0 unspecified atom stereocenters. The molecule has 13 heteroatoms. The van der Waals surface area contributed by atoms with E-state index in [0.717, 1.165) is 23.5 Å². The smallest absolute Gasteiger partial charge is 0.324 e. The van der Waals surface area contributed by atoms with Crippen molar-refractivity contribution in [3.8, 4) is 22.9 Å². The zero-order valence-electron chi connectivity index (χ0n) is 25.9. The lowest BCUT2D eigenvalue weighted by molar-refractivity contribution is -0.118. The Morgan fingerprint density at radius 2 is 1.80 bits per heavy atom. The fourth-order valence-electron chi connectivity index (χ4n) is 4.64. The van der Waals surface area contributed by atoms with E-state index < -0.39 is 7.46 Å². The highest BCUT2D eigenvalue weighted by molar-refractivity contribution is 14.2. The maximum atomic E-state index is 13.5. The molecule has 1 aliphatic heterocycles. The molecule has 0 atom stereocenters. The summed E-state index contributed by atoms with van der Waals surface area (Å²) in [6.07, 6.45) is 1.54. The summed E-state index contributed by atoms with van der Waals surface area (Å²) < 4.78 is 13.1. The second-order valence-corrected chi connectivity index (χ2v) is 18.5. The summed E-state index contributed by atoms with van der Waals surface area (Å²) in [5.74, 6) is 1.92. The van der Waals surface area contributed by atoms with Crippen molar-refractivity contribution >= 4 is 74.4 Å². The highest BCUT2D eigenvalue weighted by atomic mass is 127. The van der Waals surface area contributed by atoms with Gasteiger partial charge in [0.15, 0.2) is 18.2 Å². The van der Waals surface area contributed by atoms with Crippen LogP contribution in [-0.4, -0.2) is 52.3 Å². The molecule has 4 aromatic rings. The van der Waals surface area contributed by atoms with Crippen molar-refractivity contribution in [2.75, 3.05) is 36.7 Å².